The van der Waals surface area contributed by atoms with E-state index in [9.17, 15) is 5.11 Å². The fourth-order valence-corrected chi connectivity index (χ4v) is 2.08. The Balaban J connectivity index is 2.09. The third-order valence-corrected chi connectivity index (χ3v) is 3.06. The topological polar surface area (TPSA) is 70.5 Å². The highest BCUT2D eigenvalue weighted by Crippen LogP contribution is 2.12. The van der Waals surface area contributed by atoms with Crippen molar-refractivity contribution in [2.24, 2.45) is 0 Å². The molecule has 1 saturated heterocycles. The number of aliphatic hydroxyl groups is 1. The van der Waals surface area contributed by atoms with Crippen molar-refractivity contribution in [3.8, 4) is 0 Å². The minimum atomic E-state index is 0.0425. The lowest BCUT2D eigenvalue weighted by Crippen LogP contribution is -2.47. The average molecular weight is 252 g/mol. The van der Waals surface area contributed by atoms with Gasteiger partial charge < -0.3 is 15.2 Å². The number of nitrogens with zero attached hydrogens (tertiary/aromatic N) is 3. The van der Waals surface area contributed by atoms with E-state index in [0.29, 0.717) is 19.8 Å². The van der Waals surface area contributed by atoms with Crippen LogP contribution >= 0.6 is 0 Å². The number of anilines is 1. The monoisotopic (exact) mass is 252 g/mol. The number of aromatic nitrogens is 2. The molecule has 0 bridgehead atoms. The van der Waals surface area contributed by atoms with Crippen molar-refractivity contribution in [3.63, 3.8) is 0 Å². The van der Waals surface area contributed by atoms with Gasteiger partial charge in [0.25, 0.3) is 0 Å². The molecule has 1 fully saturated rings. The minimum absolute atomic E-state index is 0.0425. The lowest BCUT2D eigenvalue weighted by molar-refractivity contribution is -0.0322. The van der Waals surface area contributed by atoms with Crippen LogP contribution < -0.4 is 5.32 Å². The van der Waals surface area contributed by atoms with Crippen LogP contribution in [0.4, 0.5) is 5.82 Å². The quantitative estimate of drug-likeness (QED) is 0.787. The number of ether oxygens (including phenoxy) is 1. The number of nitrogens with one attached hydrogen (secondary N) is 1. The van der Waals surface area contributed by atoms with Crippen LogP contribution in [0.25, 0.3) is 0 Å². The standard InChI is InChI=1S/C12H20N4O2/c1-9-5-11(13-2)15-12(14-9)6-16-3-4-18-8-10(16)7-17/h5,10,17H,3-4,6-8H2,1-2H3,(H,13,14,15). The van der Waals surface area contributed by atoms with E-state index < -0.39 is 0 Å². The van der Waals surface area contributed by atoms with Crippen molar-refractivity contribution < 1.29 is 9.84 Å². The summed E-state index contributed by atoms with van der Waals surface area (Å²) in [5.74, 6) is 1.60. The zero-order chi connectivity index (χ0) is 13.0. The summed E-state index contributed by atoms with van der Waals surface area (Å²) in [5, 5.41) is 12.3. The normalized spacial score (nSPS) is 20.9. The van der Waals surface area contributed by atoms with E-state index in [0.717, 1.165) is 23.9 Å². The molecule has 100 valence electrons. The van der Waals surface area contributed by atoms with Crippen molar-refractivity contribution in [2.45, 2.75) is 19.5 Å². The van der Waals surface area contributed by atoms with Gasteiger partial charge in [-0.25, -0.2) is 9.97 Å². The molecule has 1 aliphatic rings. The van der Waals surface area contributed by atoms with Crippen molar-refractivity contribution in [1.29, 1.82) is 0 Å². The molecule has 1 aromatic rings. The highest BCUT2D eigenvalue weighted by atomic mass is 16.5. The second-order valence-corrected chi connectivity index (χ2v) is 4.44. The fourth-order valence-electron chi connectivity index (χ4n) is 2.08. The van der Waals surface area contributed by atoms with Crippen LogP contribution in [-0.2, 0) is 11.3 Å². The van der Waals surface area contributed by atoms with Crippen LogP contribution in [0.3, 0.4) is 0 Å². The molecule has 0 aromatic carbocycles. The largest absolute Gasteiger partial charge is 0.395 e. The van der Waals surface area contributed by atoms with Gasteiger partial charge in [0.1, 0.15) is 11.6 Å². The van der Waals surface area contributed by atoms with Gasteiger partial charge in [0.2, 0.25) is 0 Å². The van der Waals surface area contributed by atoms with Gasteiger partial charge >= 0.3 is 0 Å². The third-order valence-electron chi connectivity index (χ3n) is 3.06. The number of rotatable bonds is 4. The first-order valence-electron chi connectivity index (χ1n) is 6.18. The van der Waals surface area contributed by atoms with E-state index in [-0.39, 0.29) is 12.6 Å². The van der Waals surface area contributed by atoms with Crippen LogP contribution in [0.5, 0.6) is 0 Å². The maximum Gasteiger partial charge on any atom is 0.144 e. The van der Waals surface area contributed by atoms with Gasteiger partial charge in [-0.2, -0.15) is 0 Å². The molecule has 18 heavy (non-hydrogen) atoms. The smallest absolute Gasteiger partial charge is 0.144 e. The van der Waals surface area contributed by atoms with Crippen molar-refractivity contribution in [3.05, 3.63) is 17.6 Å². The zero-order valence-corrected chi connectivity index (χ0v) is 10.9. The van der Waals surface area contributed by atoms with Gasteiger partial charge in [-0.05, 0) is 6.92 Å². The molecule has 1 atom stereocenters. The molecule has 6 nitrogen and oxygen atoms in total. The van der Waals surface area contributed by atoms with Crippen molar-refractivity contribution in [1.82, 2.24) is 14.9 Å². The van der Waals surface area contributed by atoms with Crippen molar-refractivity contribution >= 4 is 5.82 Å². The highest BCUT2D eigenvalue weighted by molar-refractivity contribution is 5.34. The Bertz CT molecular complexity index is 400. The van der Waals surface area contributed by atoms with Gasteiger partial charge in [-0.3, -0.25) is 4.90 Å². The average Bonchev–Trinajstić information content (AvgIpc) is 2.38. The van der Waals surface area contributed by atoms with E-state index in [2.05, 4.69) is 20.2 Å². The van der Waals surface area contributed by atoms with Crippen LogP contribution in [0, 0.1) is 6.92 Å². The molecule has 6 heteroatoms. The predicted octanol–water partition coefficient (Wildman–Crippen LogP) is 0.0198. The summed E-state index contributed by atoms with van der Waals surface area (Å²) >= 11 is 0. The second-order valence-electron chi connectivity index (χ2n) is 4.44. The van der Waals surface area contributed by atoms with E-state index >= 15 is 0 Å². The fraction of sp³-hybridized carbons (Fsp3) is 0.667. The molecule has 1 aliphatic heterocycles. The van der Waals surface area contributed by atoms with E-state index in [1.165, 1.54) is 0 Å². The molecule has 0 amide bonds. The summed E-state index contributed by atoms with van der Waals surface area (Å²) in [5.41, 5.74) is 0.943. The van der Waals surface area contributed by atoms with Crippen LogP contribution in [0.15, 0.2) is 6.07 Å². The van der Waals surface area contributed by atoms with E-state index in [1.54, 1.807) is 0 Å². The summed E-state index contributed by atoms with van der Waals surface area (Å²) in [6.45, 7) is 4.77. The Labute approximate surface area is 107 Å². The number of hydrogen-bond donors (Lipinski definition) is 2. The Morgan fingerprint density at radius 1 is 1.56 bits per heavy atom. The maximum absolute atomic E-state index is 9.32. The zero-order valence-electron chi connectivity index (χ0n) is 10.9. The van der Waals surface area contributed by atoms with Crippen LogP contribution in [0.1, 0.15) is 11.5 Å². The Morgan fingerprint density at radius 3 is 3.11 bits per heavy atom. The molecule has 0 aliphatic carbocycles. The minimum Gasteiger partial charge on any atom is -0.395 e. The molecule has 1 unspecified atom stereocenters. The van der Waals surface area contributed by atoms with E-state index in [1.807, 2.05) is 20.0 Å². The molecule has 1 aromatic heterocycles. The first-order valence-corrected chi connectivity index (χ1v) is 6.18. The van der Waals surface area contributed by atoms with Gasteiger partial charge in [0, 0.05) is 25.4 Å². The van der Waals surface area contributed by atoms with E-state index in [4.69, 9.17) is 4.74 Å². The number of morpholine rings is 1. The Hall–Kier alpha value is -1.24. The summed E-state index contributed by atoms with van der Waals surface area (Å²) in [4.78, 5) is 11.0. The molecule has 2 N–H and O–H groups in total. The van der Waals surface area contributed by atoms with Gasteiger partial charge in [0.05, 0.1) is 32.4 Å². The maximum atomic E-state index is 9.32. The third kappa shape index (κ3) is 3.16. The van der Waals surface area contributed by atoms with Gasteiger partial charge in [0.15, 0.2) is 0 Å². The predicted molar refractivity (Wildman–Crippen MR) is 68.4 cm³/mol. The van der Waals surface area contributed by atoms with Gasteiger partial charge in [-0.1, -0.05) is 0 Å². The summed E-state index contributed by atoms with van der Waals surface area (Å²) in [6.07, 6.45) is 0. The molecule has 0 spiro atoms. The Kier molecular flexibility index (Phi) is 4.46. The molecule has 0 radical (unpaired) electrons. The summed E-state index contributed by atoms with van der Waals surface area (Å²) in [6, 6.07) is 1.95. The summed E-state index contributed by atoms with van der Waals surface area (Å²) < 4.78 is 5.35. The Morgan fingerprint density at radius 2 is 2.39 bits per heavy atom. The molecule has 0 saturated carbocycles. The number of aryl methyl sites for hydroxylation is 1. The van der Waals surface area contributed by atoms with Crippen LogP contribution in [0.2, 0.25) is 0 Å². The SMILES string of the molecule is CNc1cc(C)nc(CN2CCOCC2CO)n1. The lowest BCUT2D eigenvalue weighted by atomic mass is 10.2. The number of aliphatic hydroxyl groups excluding tert-OH is 1. The number of hydrogen-bond acceptors (Lipinski definition) is 6. The van der Waals surface area contributed by atoms with Crippen molar-refractivity contribution in [2.75, 3.05) is 38.7 Å². The lowest BCUT2D eigenvalue weighted by Gasteiger charge is -2.33. The van der Waals surface area contributed by atoms with Gasteiger partial charge in [-0.15, -0.1) is 0 Å². The highest BCUT2D eigenvalue weighted by Gasteiger charge is 2.23. The molecular weight excluding hydrogens is 232 g/mol. The molecular formula is C12H20N4O2. The second kappa shape index (κ2) is 6.08. The van der Waals surface area contributed by atoms with Crippen LogP contribution in [-0.4, -0.2) is 59.4 Å². The molecule has 2 rings (SSSR count). The first-order chi connectivity index (χ1) is 8.72. The first kappa shape index (κ1) is 13.2. The molecule has 2 heterocycles. The summed E-state index contributed by atoms with van der Waals surface area (Å²) in [7, 11) is 1.84.